The molecule has 2 rings (SSSR count). The van der Waals surface area contributed by atoms with Gasteiger partial charge in [0, 0.05) is 31.1 Å². The molecule has 2 aromatic carbocycles. The van der Waals surface area contributed by atoms with Crippen LogP contribution in [-0.2, 0) is 20.7 Å². The number of ether oxygens (including phenoxy) is 3. The SMILES string of the molecule is COCCOc1cc(CCCC[C@H](CC(=O)NO)C(=O)NCC(=O)c2ccccc2)cc(OC)c1. The van der Waals surface area contributed by atoms with Gasteiger partial charge < -0.3 is 19.5 Å². The van der Waals surface area contributed by atoms with Crippen molar-refractivity contribution in [3.8, 4) is 11.5 Å². The predicted molar refractivity (Wildman–Crippen MR) is 130 cm³/mol. The highest BCUT2D eigenvalue weighted by atomic mass is 16.5. The first-order valence-corrected chi connectivity index (χ1v) is 11.6. The molecule has 0 aliphatic heterocycles. The molecule has 0 unspecified atom stereocenters. The number of carbonyl (C=O) groups is 3. The molecule has 2 aromatic rings. The lowest BCUT2D eigenvalue weighted by Gasteiger charge is -2.16. The smallest absolute Gasteiger partial charge is 0.244 e. The summed E-state index contributed by atoms with van der Waals surface area (Å²) in [6, 6.07) is 14.3. The number of nitrogens with one attached hydrogen (secondary N) is 2. The summed E-state index contributed by atoms with van der Waals surface area (Å²) in [5.74, 6) is -0.542. The molecule has 0 aliphatic rings. The number of hydrogen-bond donors (Lipinski definition) is 3. The number of benzene rings is 2. The van der Waals surface area contributed by atoms with Gasteiger partial charge in [0.15, 0.2) is 5.78 Å². The van der Waals surface area contributed by atoms with Crippen molar-refractivity contribution in [2.75, 3.05) is 34.0 Å². The molecular weight excluding hydrogens is 452 g/mol. The Balaban J connectivity index is 1.89. The van der Waals surface area contributed by atoms with E-state index in [9.17, 15) is 14.4 Å². The summed E-state index contributed by atoms with van der Waals surface area (Å²) in [5, 5.41) is 11.5. The predicted octanol–water partition coefficient (Wildman–Crippen LogP) is 2.94. The van der Waals surface area contributed by atoms with Gasteiger partial charge >= 0.3 is 0 Å². The maximum Gasteiger partial charge on any atom is 0.244 e. The van der Waals surface area contributed by atoms with Gasteiger partial charge in [-0.2, -0.15) is 0 Å². The summed E-state index contributed by atoms with van der Waals surface area (Å²) in [4.78, 5) is 36.7. The van der Waals surface area contributed by atoms with Crippen molar-refractivity contribution in [1.82, 2.24) is 10.8 Å². The molecule has 0 saturated carbocycles. The lowest BCUT2D eigenvalue weighted by Crippen LogP contribution is -2.37. The van der Waals surface area contributed by atoms with Gasteiger partial charge in [0.1, 0.15) is 18.1 Å². The van der Waals surface area contributed by atoms with Crippen molar-refractivity contribution in [3.63, 3.8) is 0 Å². The molecule has 0 aromatic heterocycles. The third kappa shape index (κ3) is 10.2. The van der Waals surface area contributed by atoms with Crippen molar-refractivity contribution >= 4 is 17.6 Å². The van der Waals surface area contributed by atoms with Gasteiger partial charge in [0.2, 0.25) is 11.8 Å². The molecule has 0 spiro atoms. The third-order valence-corrected chi connectivity index (χ3v) is 5.45. The van der Waals surface area contributed by atoms with E-state index in [4.69, 9.17) is 19.4 Å². The number of amides is 2. The Labute approximate surface area is 205 Å². The highest BCUT2D eigenvalue weighted by Crippen LogP contribution is 2.24. The molecule has 0 aliphatic carbocycles. The highest BCUT2D eigenvalue weighted by molar-refractivity contribution is 5.99. The summed E-state index contributed by atoms with van der Waals surface area (Å²) >= 11 is 0. The molecule has 35 heavy (non-hydrogen) atoms. The van der Waals surface area contributed by atoms with Gasteiger partial charge in [-0.25, -0.2) is 5.48 Å². The van der Waals surface area contributed by atoms with E-state index in [2.05, 4.69) is 5.32 Å². The van der Waals surface area contributed by atoms with E-state index in [0.717, 1.165) is 18.4 Å². The second kappa shape index (κ2) is 15.5. The highest BCUT2D eigenvalue weighted by Gasteiger charge is 2.22. The van der Waals surface area contributed by atoms with Crippen molar-refractivity contribution in [2.24, 2.45) is 5.92 Å². The van der Waals surface area contributed by atoms with Crippen LogP contribution >= 0.6 is 0 Å². The van der Waals surface area contributed by atoms with Crippen LogP contribution in [0.1, 0.15) is 41.6 Å². The minimum absolute atomic E-state index is 0.157. The zero-order valence-electron chi connectivity index (χ0n) is 20.2. The van der Waals surface area contributed by atoms with E-state index < -0.39 is 17.7 Å². The monoisotopic (exact) mass is 486 g/mol. The molecule has 0 saturated heterocycles. The second-order valence-electron chi connectivity index (χ2n) is 8.05. The fraction of sp³-hybridized carbons (Fsp3) is 0.423. The largest absolute Gasteiger partial charge is 0.497 e. The lowest BCUT2D eigenvalue weighted by molar-refractivity contribution is -0.134. The van der Waals surface area contributed by atoms with Crippen LogP contribution < -0.4 is 20.3 Å². The average Bonchev–Trinajstić information content (AvgIpc) is 2.89. The normalized spacial score (nSPS) is 11.4. The molecular formula is C26H34N2O7. The van der Waals surface area contributed by atoms with Gasteiger partial charge in [-0.1, -0.05) is 36.8 Å². The Morgan fingerprint density at radius 3 is 2.40 bits per heavy atom. The molecule has 0 fully saturated rings. The lowest BCUT2D eigenvalue weighted by atomic mass is 9.95. The van der Waals surface area contributed by atoms with E-state index in [1.807, 2.05) is 18.2 Å². The number of aryl methyl sites for hydroxylation is 1. The van der Waals surface area contributed by atoms with E-state index in [-0.39, 0.29) is 18.7 Å². The first-order valence-electron chi connectivity index (χ1n) is 11.6. The molecule has 190 valence electrons. The summed E-state index contributed by atoms with van der Waals surface area (Å²) in [6.45, 7) is 0.754. The third-order valence-electron chi connectivity index (χ3n) is 5.45. The number of methoxy groups -OCH3 is 2. The van der Waals surface area contributed by atoms with Crippen LogP contribution in [0.15, 0.2) is 48.5 Å². The van der Waals surface area contributed by atoms with Gasteiger partial charge in [-0.05, 0) is 37.0 Å². The average molecular weight is 487 g/mol. The van der Waals surface area contributed by atoms with Gasteiger partial charge in [-0.3, -0.25) is 19.6 Å². The Kier molecular flexibility index (Phi) is 12.3. The number of rotatable bonds is 16. The number of hydroxylamine groups is 1. The van der Waals surface area contributed by atoms with Crippen molar-refractivity contribution in [1.29, 1.82) is 0 Å². The Morgan fingerprint density at radius 2 is 1.71 bits per heavy atom. The molecule has 1 atom stereocenters. The van der Waals surface area contributed by atoms with Gasteiger partial charge in [0.05, 0.1) is 20.3 Å². The summed E-state index contributed by atoms with van der Waals surface area (Å²) < 4.78 is 16.0. The Hall–Kier alpha value is -3.43. The maximum atomic E-state index is 12.7. The molecule has 0 heterocycles. The Bertz CT molecular complexity index is 950. The maximum absolute atomic E-state index is 12.7. The summed E-state index contributed by atoms with van der Waals surface area (Å²) in [7, 11) is 3.20. The summed E-state index contributed by atoms with van der Waals surface area (Å²) in [5.41, 5.74) is 3.10. The number of hydrogen-bond acceptors (Lipinski definition) is 7. The minimum Gasteiger partial charge on any atom is -0.497 e. The van der Waals surface area contributed by atoms with Gasteiger partial charge in [-0.15, -0.1) is 0 Å². The zero-order chi connectivity index (χ0) is 25.5. The van der Waals surface area contributed by atoms with E-state index in [0.29, 0.717) is 43.1 Å². The van der Waals surface area contributed by atoms with Crippen LogP contribution in [0, 0.1) is 5.92 Å². The molecule has 0 radical (unpaired) electrons. The van der Waals surface area contributed by atoms with Gasteiger partial charge in [0.25, 0.3) is 0 Å². The van der Waals surface area contributed by atoms with Crippen LogP contribution in [0.5, 0.6) is 11.5 Å². The number of carbonyl (C=O) groups excluding carboxylic acids is 3. The van der Waals surface area contributed by atoms with E-state index >= 15 is 0 Å². The quantitative estimate of drug-likeness (QED) is 0.144. The summed E-state index contributed by atoms with van der Waals surface area (Å²) in [6.07, 6.45) is 2.42. The van der Waals surface area contributed by atoms with Crippen LogP contribution in [-0.4, -0.2) is 56.8 Å². The minimum atomic E-state index is -0.663. The van der Waals surface area contributed by atoms with Crippen molar-refractivity contribution < 1.29 is 33.8 Å². The van der Waals surface area contributed by atoms with Crippen molar-refractivity contribution in [3.05, 3.63) is 59.7 Å². The molecule has 9 heteroatoms. The van der Waals surface area contributed by atoms with Crippen LogP contribution in [0.2, 0.25) is 0 Å². The first kappa shape index (κ1) is 27.8. The standard InChI is InChI=1S/C26H34N2O7/c1-33-12-13-35-23-15-19(14-22(17-23)34-2)8-6-7-11-21(16-25(30)28-32)26(31)27-18-24(29)20-9-4-3-5-10-20/h3-5,9-10,14-15,17,21,32H,6-8,11-13,16,18H2,1-2H3,(H,27,31)(H,28,30)/t21-/m1/s1. The van der Waals surface area contributed by atoms with Crippen LogP contribution in [0.25, 0.3) is 0 Å². The fourth-order valence-corrected chi connectivity index (χ4v) is 3.57. The molecule has 3 N–H and O–H groups in total. The molecule has 2 amide bonds. The van der Waals surface area contributed by atoms with Crippen molar-refractivity contribution in [2.45, 2.75) is 32.1 Å². The number of Topliss-reactive ketones (excluding diaryl/α,β-unsaturated/α-hetero) is 1. The number of unbranched alkanes of at least 4 members (excludes halogenated alkanes) is 1. The zero-order valence-corrected chi connectivity index (χ0v) is 20.2. The topological polar surface area (TPSA) is 123 Å². The van der Waals surface area contributed by atoms with E-state index in [1.54, 1.807) is 50.0 Å². The van der Waals surface area contributed by atoms with Crippen LogP contribution in [0.3, 0.4) is 0 Å². The van der Waals surface area contributed by atoms with E-state index in [1.165, 1.54) is 0 Å². The Morgan fingerprint density at radius 1 is 0.971 bits per heavy atom. The first-order chi connectivity index (χ1) is 17.0. The second-order valence-corrected chi connectivity index (χ2v) is 8.05. The number of ketones is 1. The fourth-order valence-electron chi connectivity index (χ4n) is 3.57. The molecule has 9 nitrogen and oxygen atoms in total. The van der Waals surface area contributed by atoms with Crippen LogP contribution in [0.4, 0.5) is 0 Å². The molecule has 0 bridgehead atoms.